The average molecular weight is 250 g/mol. The number of nitrogens with one attached hydrogen (secondary N) is 1. The number of aryl methyl sites for hydroxylation is 1. The van der Waals surface area contributed by atoms with E-state index in [-0.39, 0.29) is 17.0 Å². The van der Waals surface area contributed by atoms with Crippen LogP contribution in [0.25, 0.3) is 0 Å². The third-order valence-electron chi connectivity index (χ3n) is 3.78. The molecule has 0 spiro atoms. The van der Waals surface area contributed by atoms with Gasteiger partial charge in [0.05, 0.1) is 5.69 Å². The number of carbonyl (C=O) groups is 1. The van der Waals surface area contributed by atoms with Crippen LogP contribution in [-0.2, 0) is 4.79 Å². The maximum atomic E-state index is 13.6. The van der Waals surface area contributed by atoms with Crippen molar-refractivity contribution in [2.45, 2.75) is 32.6 Å². The predicted octanol–water partition coefficient (Wildman–Crippen LogP) is 2.59. The molecule has 0 unspecified atom stereocenters. The van der Waals surface area contributed by atoms with Crippen LogP contribution in [0.2, 0.25) is 0 Å². The number of hydrogen-bond acceptors (Lipinski definition) is 2. The minimum absolute atomic E-state index is 0.0503. The van der Waals surface area contributed by atoms with E-state index in [0.717, 1.165) is 24.8 Å². The van der Waals surface area contributed by atoms with Gasteiger partial charge in [0.15, 0.2) is 0 Å². The van der Waals surface area contributed by atoms with Gasteiger partial charge in [-0.05, 0) is 49.4 Å². The van der Waals surface area contributed by atoms with Gasteiger partial charge in [0, 0.05) is 6.42 Å². The maximum Gasteiger partial charge on any atom is 0.225 e. The summed E-state index contributed by atoms with van der Waals surface area (Å²) in [6.07, 6.45) is 3.50. The van der Waals surface area contributed by atoms with Gasteiger partial charge in [-0.25, -0.2) is 4.39 Å². The third kappa shape index (κ3) is 2.70. The summed E-state index contributed by atoms with van der Waals surface area (Å²) in [7, 11) is 0. The van der Waals surface area contributed by atoms with Crippen molar-refractivity contribution in [2.75, 3.05) is 11.9 Å². The van der Waals surface area contributed by atoms with Crippen LogP contribution in [0.1, 0.15) is 31.2 Å². The Morgan fingerprint density at radius 3 is 2.72 bits per heavy atom. The number of rotatable bonds is 4. The lowest BCUT2D eigenvalue weighted by atomic mass is 9.66. The summed E-state index contributed by atoms with van der Waals surface area (Å²) >= 11 is 0. The number of benzene rings is 1. The predicted molar refractivity (Wildman–Crippen MR) is 69.7 cm³/mol. The van der Waals surface area contributed by atoms with Gasteiger partial charge in [0.1, 0.15) is 5.82 Å². The summed E-state index contributed by atoms with van der Waals surface area (Å²) in [4.78, 5) is 11.9. The Labute approximate surface area is 107 Å². The molecule has 1 fully saturated rings. The summed E-state index contributed by atoms with van der Waals surface area (Å²) < 4.78 is 13.6. The summed E-state index contributed by atoms with van der Waals surface area (Å²) in [5.41, 5.74) is 6.74. The van der Waals surface area contributed by atoms with Gasteiger partial charge in [-0.3, -0.25) is 4.79 Å². The van der Waals surface area contributed by atoms with Crippen molar-refractivity contribution in [1.29, 1.82) is 0 Å². The molecule has 3 N–H and O–H groups in total. The van der Waals surface area contributed by atoms with E-state index in [2.05, 4.69) is 5.32 Å². The highest BCUT2D eigenvalue weighted by atomic mass is 19.1. The zero-order valence-electron chi connectivity index (χ0n) is 10.6. The Morgan fingerprint density at radius 1 is 1.50 bits per heavy atom. The van der Waals surface area contributed by atoms with Crippen LogP contribution in [0.5, 0.6) is 0 Å². The van der Waals surface area contributed by atoms with E-state index in [9.17, 15) is 9.18 Å². The topological polar surface area (TPSA) is 55.1 Å². The van der Waals surface area contributed by atoms with Gasteiger partial charge in [0.25, 0.3) is 0 Å². The summed E-state index contributed by atoms with van der Waals surface area (Å²) in [5.74, 6) is -0.540. The van der Waals surface area contributed by atoms with Crippen molar-refractivity contribution >= 4 is 11.6 Å². The van der Waals surface area contributed by atoms with Crippen molar-refractivity contribution in [3.63, 3.8) is 0 Å². The number of halogens is 1. The molecule has 0 heterocycles. The molecule has 0 radical (unpaired) electrons. The molecule has 4 heteroatoms. The van der Waals surface area contributed by atoms with E-state index in [4.69, 9.17) is 5.73 Å². The number of nitrogens with two attached hydrogens (primary N) is 1. The molecule has 0 aromatic heterocycles. The van der Waals surface area contributed by atoms with Gasteiger partial charge in [-0.15, -0.1) is 0 Å². The van der Waals surface area contributed by atoms with E-state index in [0.29, 0.717) is 13.0 Å². The molecule has 1 aliphatic carbocycles. The van der Waals surface area contributed by atoms with Crippen LogP contribution in [0.4, 0.5) is 10.1 Å². The highest BCUT2D eigenvalue weighted by Gasteiger charge is 2.37. The second kappa shape index (κ2) is 5.06. The van der Waals surface area contributed by atoms with Crippen LogP contribution < -0.4 is 11.1 Å². The number of carbonyl (C=O) groups excluding carboxylic acids is 1. The molecule has 1 aliphatic rings. The standard InChI is InChI=1S/C14H19FN2O/c1-10-3-4-12(11(15)7-10)17-13(18)8-14(9-16)5-2-6-14/h3-4,7H,2,5-6,8-9,16H2,1H3,(H,17,18). The van der Waals surface area contributed by atoms with E-state index >= 15 is 0 Å². The van der Waals surface area contributed by atoms with Gasteiger partial charge in [-0.1, -0.05) is 12.5 Å². The van der Waals surface area contributed by atoms with Crippen molar-refractivity contribution in [3.05, 3.63) is 29.6 Å². The van der Waals surface area contributed by atoms with Gasteiger partial charge in [-0.2, -0.15) is 0 Å². The lowest BCUT2D eigenvalue weighted by molar-refractivity contribution is -0.119. The Hall–Kier alpha value is -1.42. The quantitative estimate of drug-likeness (QED) is 0.863. The van der Waals surface area contributed by atoms with Gasteiger partial charge >= 0.3 is 0 Å². The molecule has 2 rings (SSSR count). The fourth-order valence-corrected chi connectivity index (χ4v) is 2.39. The Balaban J connectivity index is 1.98. The molecule has 98 valence electrons. The average Bonchev–Trinajstić information content (AvgIpc) is 2.27. The minimum Gasteiger partial charge on any atom is -0.330 e. The first kappa shape index (κ1) is 13.0. The van der Waals surface area contributed by atoms with E-state index in [1.807, 2.05) is 6.92 Å². The number of anilines is 1. The largest absolute Gasteiger partial charge is 0.330 e. The van der Waals surface area contributed by atoms with E-state index in [1.165, 1.54) is 6.07 Å². The van der Waals surface area contributed by atoms with Crippen molar-refractivity contribution < 1.29 is 9.18 Å². The second-order valence-electron chi connectivity index (χ2n) is 5.27. The third-order valence-corrected chi connectivity index (χ3v) is 3.78. The molecular formula is C14H19FN2O. The minimum atomic E-state index is -0.390. The molecule has 0 bridgehead atoms. The summed E-state index contributed by atoms with van der Waals surface area (Å²) in [6, 6.07) is 4.79. The highest BCUT2D eigenvalue weighted by Crippen LogP contribution is 2.43. The monoisotopic (exact) mass is 250 g/mol. The second-order valence-corrected chi connectivity index (χ2v) is 5.27. The van der Waals surface area contributed by atoms with E-state index in [1.54, 1.807) is 12.1 Å². The highest BCUT2D eigenvalue weighted by molar-refractivity contribution is 5.91. The lowest BCUT2D eigenvalue weighted by Gasteiger charge is -2.40. The normalized spacial score (nSPS) is 17.1. The van der Waals surface area contributed by atoms with Gasteiger partial charge in [0.2, 0.25) is 5.91 Å². The fraction of sp³-hybridized carbons (Fsp3) is 0.500. The number of amides is 1. The zero-order valence-corrected chi connectivity index (χ0v) is 10.6. The van der Waals surface area contributed by atoms with Crippen LogP contribution in [0.15, 0.2) is 18.2 Å². The maximum absolute atomic E-state index is 13.6. The first-order valence-electron chi connectivity index (χ1n) is 6.31. The van der Waals surface area contributed by atoms with Crippen molar-refractivity contribution in [3.8, 4) is 0 Å². The molecule has 0 aliphatic heterocycles. The fourth-order valence-electron chi connectivity index (χ4n) is 2.39. The molecule has 3 nitrogen and oxygen atoms in total. The van der Waals surface area contributed by atoms with Crippen molar-refractivity contribution in [2.24, 2.45) is 11.1 Å². The van der Waals surface area contributed by atoms with Crippen LogP contribution in [0.3, 0.4) is 0 Å². The molecular weight excluding hydrogens is 231 g/mol. The molecule has 1 aromatic carbocycles. The summed E-state index contributed by atoms with van der Waals surface area (Å²) in [5, 5.41) is 2.63. The molecule has 0 atom stereocenters. The van der Waals surface area contributed by atoms with E-state index < -0.39 is 5.82 Å². The Bertz CT molecular complexity index is 450. The van der Waals surface area contributed by atoms with Crippen molar-refractivity contribution in [1.82, 2.24) is 0 Å². The van der Waals surface area contributed by atoms with Gasteiger partial charge < -0.3 is 11.1 Å². The summed E-state index contributed by atoms with van der Waals surface area (Å²) in [6.45, 7) is 2.34. The first-order valence-corrected chi connectivity index (χ1v) is 6.31. The molecule has 1 saturated carbocycles. The molecule has 0 saturated heterocycles. The van der Waals surface area contributed by atoms with Crippen LogP contribution in [0, 0.1) is 18.2 Å². The SMILES string of the molecule is Cc1ccc(NC(=O)CC2(CN)CCC2)c(F)c1. The molecule has 1 aromatic rings. The Kier molecular flexibility index (Phi) is 3.66. The van der Waals surface area contributed by atoms with Crippen LogP contribution in [-0.4, -0.2) is 12.5 Å². The first-order chi connectivity index (χ1) is 8.54. The Morgan fingerprint density at radius 2 is 2.22 bits per heavy atom. The number of hydrogen-bond donors (Lipinski definition) is 2. The zero-order chi connectivity index (χ0) is 13.2. The van der Waals surface area contributed by atoms with Crippen LogP contribution >= 0.6 is 0 Å². The molecule has 1 amide bonds. The smallest absolute Gasteiger partial charge is 0.225 e. The lowest BCUT2D eigenvalue weighted by Crippen LogP contribution is -2.40. The molecule has 18 heavy (non-hydrogen) atoms.